The van der Waals surface area contributed by atoms with Crippen molar-refractivity contribution in [3.63, 3.8) is 0 Å². The summed E-state index contributed by atoms with van der Waals surface area (Å²) in [6.45, 7) is 16.4. The van der Waals surface area contributed by atoms with Gasteiger partial charge in [0.15, 0.2) is 0 Å². The third-order valence-corrected chi connectivity index (χ3v) is 8.89. The van der Waals surface area contributed by atoms with Crippen LogP contribution in [-0.4, -0.2) is 6.88 Å². The maximum atomic E-state index is 2.89. The molecule has 0 spiro atoms. The van der Waals surface area contributed by atoms with Gasteiger partial charge in [-0.2, -0.15) is 72.8 Å². The predicted octanol–water partition coefficient (Wildman–Crippen LogP) is 10.9. The molecular formula is C38H56Cl2SiZr-4. The Morgan fingerprint density at radius 2 is 0.976 bits per heavy atom. The number of halogens is 2. The molecule has 2 aromatic carbocycles. The number of hydrogen-bond donors (Lipinski definition) is 0. The fourth-order valence-corrected chi connectivity index (χ4v) is 6.69. The van der Waals surface area contributed by atoms with Gasteiger partial charge in [0.05, 0.1) is 0 Å². The Balaban J connectivity index is 0.000000543. The molecule has 4 unspecified atom stereocenters. The van der Waals surface area contributed by atoms with Gasteiger partial charge in [-0.25, -0.2) is 36.1 Å². The minimum absolute atomic E-state index is 0. The second-order valence-corrected chi connectivity index (χ2v) is 13.2. The summed E-state index contributed by atoms with van der Waals surface area (Å²) < 4.78 is 0. The van der Waals surface area contributed by atoms with Gasteiger partial charge in [0.25, 0.3) is 0 Å². The van der Waals surface area contributed by atoms with Crippen molar-refractivity contribution < 1.29 is 23.3 Å². The third kappa shape index (κ3) is 14.4. The maximum Gasteiger partial charge on any atom is -0.171 e. The monoisotopic (exact) mass is 700 g/mol. The summed E-state index contributed by atoms with van der Waals surface area (Å²) in [4.78, 5) is 0. The molecule has 0 aliphatic heterocycles. The standard InChI is InChI=1S/2C13H21.2C6H5.2ClH.H2Si.Zr/c2*1-10-8-11-6-4-5-7-13(2,3)12(11)9-10;2*1-2-4-6-5-3-1;;;;/h2*6,8,10,12H,4-5,7,9H2,1-3H3;2*1-5H;2*1H;1H2;/q4*-1;;;;. The van der Waals surface area contributed by atoms with Crippen LogP contribution < -0.4 is 0 Å². The molecule has 0 N–H and O–H groups in total. The molecule has 0 saturated heterocycles. The van der Waals surface area contributed by atoms with Crippen LogP contribution in [0.1, 0.15) is 92.9 Å². The summed E-state index contributed by atoms with van der Waals surface area (Å²) in [6, 6.07) is 25.0. The Morgan fingerprint density at radius 3 is 1.24 bits per heavy atom. The fraction of sp³-hybridized carbons (Fsp3) is 0.526. The van der Waals surface area contributed by atoms with Crippen LogP contribution in [0.5, 0.6) is 0 Å². The van der Waals surface area contributed by atoms with Crippen molar-refractivity contribution in [3.05, 3.63) is 109 Å². The SMILES string of the molecule is CC1[CH-]C2=CCCCC(C)(C)C2C1.CC1[CH-]C2=CCCCC(C)(C)C2C1.Cl.Cl.[SiH2]=[Zr].[c-]1ccccc1.[c-]1ccccc1. The van der Waals surface area contributed by atoms with Crippen LogP contribution in [0.3, 0.4) is 0 Å². The quantitative estimate of drug-likeness (QED) is 0.189. The van der Waals surface area contributed by atoms with E-state index in [1.165, 1.54) is 51.4 Å². The molecule has 0 amide bonds. The van der Waals surface area contributed by atoms with E-state index in [1.807, 2.05) is 67.5 Å². The number of benzene rings is 2. The van der Waals surface area contributed by atoms with E-state index in [1.54, 1.807) is 34.5 Å². The van der Waals surface area contributed by atoms with Gasteiger partial charge >= 0.3 is 30.2 Å². The van der Waals surface area contributed by atoms with E-state index in [-0.39, 0.29) is 24.8 Å². The number of fused-ring (bicyclic) bond motifs is 2. The topological polar surface area (TPSA) is 0 Å². The molecule has 0 aromatic heterocycles. The van der Waals surface area contributed by atoms with Crippen molar-refractivity contribution in [1.29, 1.82) is 0 Å². The van der Waals surface area contributed by atoms with Gasteiger partial charge < -0.3 is 0 Å². The van der Waals surface area contributed by atoms with Crippen molar-refractivity contribution in [3.8, 4) is 0 Å². The van der Waals surface area contributed by atoms with Crippen LogP contribution in [0.25, 0.3) is 0 Å². The van der Waals surface area contributed by atoms with E-state index in [0.29, 0.717) is 10.8 Å². The molecule has 0 bridgehead atoms. The molecule has 2 saturated carbocycles. The van der Waals surface area contributed by atoms with E-state index in [9.17, 15) is 0 Å². The molecule has 0 nitrogen and oxygen atoms in total. The van der Waals surface area contributed by atoms with Crippen molar-refractivity contribution in [2.45, 2.75) is 92.9 Å². The van der Waals surface area contributed by atoms with E-state index >= 15 is 0 Å². The van der Waals surface area contributed by atoms with Crippen molar-refractivity contribution in [1.82, 2.24) is 0 Å². The zero-order chi connectivity index (χ0) is 29.4. The van der Waals surface area contributed by atoms with Crippen LogP contribution in [0, 0.1) is 59.5 Å². The Kier molecular flexibility index (Phi) is 21.6. The first-order valence-corrected chi connectivity index (χ1v) is 21.4. The first-order valence-electron chi connectivity index (χ1n) is 15.5. The molecule has 6 rings (SSSR count). The molecule has 234 valence electrons. The zero-order valence-electron chi connectivity index (χ0n) is 27.1. The van der Waals surface area contributed by atoms with Crippen LogP contribution in [0.2, 0.25) is 0 Å². The molecule has 0 heterocycles. The minimum Gasteiger partial charge on any atom is -0.184 e. The van der Waals surface area contributed by atoms with Crippen LogP contribution in [0.4, 0.5) is 0 Å². The van der Waals surface area contributed by atoms with Crippen molar-refractivity contribution >= 4 is 31.7 Å². The normalized spacial score (nSPS) is 25.5. The first-order chi connectivity index (χ1) is 19.2. The number of allylic oxidation sites excluding steroid dienone is 4. The maximum absolute atomic E-state index is 2.89. The van der Waals surface area contributed by atoms with E-state index in [0.717, 1.165) is 23.7 Å². The van der Waals surface area contributed by atoms with Crippen LogP contribution in [-0.2, 0) is 23.3 Å². The van der Waals surface area contributed by atoms with Gasteiger partial charge in [-0.3, -0.25) is 0 Å². The minimum atomic E-state index is 0. The van der Waals surface area contributed by atoms with E-state index in [4.69, 9.17) is 0 Å². The molecule has 4 aliphatic rings. The van der Waals surface area contributed by atoms with Gasteiger partial charge in [0.2, 0.25) is 0 Å². The second-order valence-electron chi connectivity index (χ2n) is 13.2. The molecule has 2 aromatic rings. The number of rotatable bonds is 0. The van der Waals surface area contributed by atoms with Gasteiger partial charge in [-0.15, -0.1) is 37.7 Å². The molecule has 0 radical (unpaired) electrons. The molecule has 4 heteroatoms. The zero-order valence-corrected chi connectivity index (χ0v) is 32.6. The molecule has 42 heavy (non-hydrogen) atoms. The second kappa shape index (κ2) is 21.9. The van der Waals surface area contributed by atoms with Crippen LogP contribution in [0.15, 0.2) is 84.0 Å². The predicted molar refractivity (Wildman–Crippen MR) is 188 cm³/mol. The summed E-state index contributed by atoms with van der Waals surface area (Å²) in [5.41, 5.74) is 4.41. The summed E-state index contributed by atoms with van der Waals surface area (Å²) in [7, 11) is 0. The largest absolute Gasteiger partial charge is 0.184 e. The summed E-state index contributed by atoms with van der Waals surface area (Å²) >= 11 is 1.58. The average Bonchev–Trinajstić information content (AvgIpc) is 3.48. The summed E-state index contributed by atoms with van der Waals surface area (Å²) in [5, 5.41) is 0. The van der Waals surface area contributed by atoms with Gasteiger partial charge in [-0.1, -0.05) is 79.1 Å². The Morgan fingerprint density at radius 1 is 0.643 bits per heavy atom. The Bertz CT molecular complexity index is 867. The first kappa shape index (κ1) is 41.3. The average molecular weight is 703 g/mol. The molecule has 4 aliphatic carbocycles. The molecule has 2 fully saturated rings. The fourth-order valence-electron chi connectivity index (χ4n) is 6.69. The summed E-state index contributed by atoms with van der Waals surface area (Å²) in [5.74, 6) is 3.33. The Labute approximate surface area is 289 Å². The van der Waals surface area contributed by atoms with Gasteiger partial charge in [0, 0.05) is 0 Å². The molecule has 4 atom stereocenters. The third-order valence-electron chi connectivity index (χ3n) is 8.89. The summed E-state index contributed by atoms with van der Waals surface area (Å²) in [6.07, 6.45) is 20.9. The van der Waals surface area contributed by atoms with E-state index < -0.39 is 0 Å². The number of hydrogen-bond acceptors (Lipinski definition) is 0. The van der Waals surface area contributed by atoms with Gasteiger partial charge in [0.1, 0.15) is 0 Å². The smallest absolute Gasteiger partial charge is 0.171 e. The van der Waals surface area contributed by atoms with E-state index in [2.05, 4.69) is 78.7 Å². The van der Waals surface area contributed by atoms with Crippen LogP contribution >= 0.6 is 24.8 Å². The van der Waals surface area contributed by atoms with Crippen molar-refractivity contribution in [2.24, 2.45) is 34.5 Å². The van der Waals surface area contributed by atoms with Gasteiger partial charge in [-0.05, 0) is 35.5 Å². The van der Waals surface area contributed by atoms with Crippen molar-refractivity contribution in [2.75, 3.05) is 0 Å². The Hall–Kier alpha value is -0.660. The molecular weight excluding hydrogens is 647 g/mol.